The van der Waals surface area contributed by atoms with Crippen LogP contribution in [0.25, 0.3) is 0 Å². The Morgan fingerprint density at radius 3 is 2.35 bits per heavy atom. The van der Waals surface area contributed by atoms with Crippen LogP contribution in [0.15, 0.2) is 29.2 Å². The average molecular weight is 275 g/mol. The van der Waals surface area contributed by atoms with Gasteiger partial charge >= 0.3 is 5.97 Å². The molecule has 1 aromatic carbocycles. The Balaban J connectivity index is 2.96. The second-order valence-electron chi connectivity index (χ2n) is 3.51. The standard InChI is InChI=1S/C10H13NO4S2/c1-7-2-4-8(5-3-7)17(14,15)11-9(6-16)10(12)13/h2-5,9,11,16H,6H2,1H3,(H,12,13)/t9-/m0/s1. The molecule has 0 amide bonds. The van der Waals surface area contributed by atoms with Crippen LogP contribution in [0, 0.1) is 6.92 Å². The molecule has 0 spiro atoms. The molecule has 0 radical (unpaired) electrons. The Morgan fingerprint density at radius 2 is 1.94 bits per heavy atom. The van der Waals surface area contributed by atoms with Crippen molar-refractivity contribution in [3.05, 3.63) is 29.8 Å². The maximum absolute atomic E-state index is 11.8. The van der Waals surface area contributed by atoms with E-state index in [2.05, 4.69) is 17.4 Å². The van der Waals surface area contributed by atoms with Gasteiger partial charge in [-0.1, -0.05) is 17.7 Å². The molecule has 0 aliphatic carbocycles. The van der Waals surface area contributed by atoms with Crippen molar-refractivity contribution < 1.29 is 18.3 Å². The van der Waals surface area contributed by atoms with Crippen LogP contribution >= 0.6 is 12.6 Å². The fourth-order valence-electron chi connectivity index (χ4n) is 1.14. The molecular weight excluding hydrogens is 262 g/mol. The first-order chi connectivity index (χ1) is 7.86. The van der Waals surface area contributed by atoms with Crippen LogP contribution in [0.4, 0.5) is 0 Å². The van der Waals surface area contributed by atoms with Crippen LogP contribution < -0.4 is 4.72 Å². The summed E-state index contributed by atoms with van der Waals surface area (Å²) in [7, 11) is -3.81. The molecule has 0 unspecified atom stereocenters. The zero-order valence-corrected chi connectivity index (χ0v) is 10.8. The third-order valence-corrected chi connectivity index (χ3v) is 3.96. The number of rotatable bonds is 5. The molecule has 2 N–H and O–H groups in total. The summed E-state index contributed by atoms with van der Waals surface area (Å²) in [6.45, 7) is 1.83. The van der Waals surface area contributed by atoms with E-state index in [1.54, 1.807) is 12.1 Å². The van der Waals surface area contributed by atoms with Gasteiger partial charge in [0.2, 0.25) is 10.0 Å². The van der Waals surface area contributed by atoms with E-state index in [4.69, 9.17) is 5.11 Å². The molecule has 94 valence electrons. The first kappa shape index (κ1) is 14.0. The van der Waals surface area contributed by atoms with Crippen LogP contribution in [0.2, 0.25) is 0 Å². The number of aryl methyl sites for hydroxylation is 1. The van der Waals surface area contributed by atoms with E-state index in [-0.39, 0.29) is 10.6 Å². The minimum atomic E-state index is -3.81. The number of aliphatic carboxylic acids is 1. The highest BCUT2D eigenvalue weighted by molar-refractivity contribution is 7.89. The molecule has 0 heterocycles. The minimum absolute atomic E-state index is 0.0381. The van der Waals surface area contributed by atoms with E-state index in [0.29, 0.717) is 0 Å². The second kappa shape index (κ2) is 5.52. The Bertz CT molecular complexity index is 496. The monoisotopic (exact) mass is 275 g/mol. The van der Waals surface area contributed by atoms with Gasteiger partial charge in [-0.2, -0.15) is 17.4 Å². The second-order valence-corrected chi connectivity index (χ2v) is 5.59. The van der Waals surface area contributed by atoms with E-state index in [9.17, 15) is 13.2 Å². The molecule has 0 aliphatic heterocycles. The van der Waals surface area contributed by atoms with Crippen molar-refractivity contribution in [2.45, 2.75) is 17.9 Å². The lowest BCUT2D eigenvalue weighted by Crippen LogP contribution is -2.42. The number of nitrogens with one attached hydrogen (secondary N) is 1. The fourth-order valence-corrected chi connectivity index (χ4v) is 2.70. The lowest BCUT2D eigenvalue weighted by atomic mass is 10.2. The van der Waals surface area contributed by atoms with Crippen LogP contribution in [-0.2, 0) is 14.8 Å². The summed E-state index contributed by atoms with van der Waals surface area (Å²) in [4.78, 5) is 10.8. The molecule has 7 heteroatoms. The maximum atomic E-state index is 11.8. The fraction of sp³-hybridized carbons (Fsp3) is 0.300. The number of sulfonamides is 1. The summed E-state index contributed by atoms with van der Waals surface area (Å²) in [5.41, 5.74) is 0.924. The molecule has 0 fully saturated rings. The van der Waals surface area contributed by atoms with Gasteiger partial charge in [0, 0.05) is 5.75 Å². The zero-order chi connectivity index (χ0) is 13.1. The van der Waals surface area contributed by atoms with Gasteiger partial charge < -0.3 is 5.11 Å². The highest BCUT2D eigenvalue weighted by Crippen LogP contribution is 2.10. The Hall–Kier alpha value is -1.05. The molecular formula is C10H13NO4S2. The molecule has 0 aromatic heterocycles. The predicted molar refractivity (Wildman–Crippen MR) is 66.8 cm³/mol. The van der Waals surface area contributed by atoms with Crippen molar-refractivity contribution in [2.24, 2.45) is 0 Å². The summed E-state index contributed by atoms with van der Waals surface area (Å²) < 4.78 is 25.7. The van der Waals surface area contributed by atoms with Gasteiger partial charge in [-0.05, 0) is 19.1 Å². The van der Waals surface area contributed by atoms with Crippen molar-refractivity contribution in [1.29, 1.82) is 0 Å². The molecule has 1 aromatic rings. The van der Waals surface area contributed by atoms with Gasteiger partial charge in [-0.25, -0.2) is 8.42 Å². The van der Waals surface area contributed by atoms with Crippen molar-refractivity contribution in [2.75, 3.05) is 5.75 Å². The van der Waals surface area contributed by atoms with E-state index >= 15 is 0 Å². The van der Waals surface area contributed by atoms with Gasteiger partial charge in [0.25, 0.3) is 0 Å². The Morgan fingerprint density at radius 1 is 1.41 bits per heavy atom. The summed E-state index contributed by atoms with van der Waals surface area (Å²) in [6, 6.07) is 4.91. The van der Waals surface area contributed by atoms with Crippen LogP contribution in [0.5, 0.6) is 0 Å². The quantitative estimate of drug-likeness (QED) is 0.689. The molecule has 0 saturated heterocycles. The molecule has 0 saturated carbocycles. The smallest absolute Gasteiger partial charge is 0.322 e. The van der Waals surface area contributed by atoms with Gasteiger partial charge in [-0.3, -0.25) is 4.79 Å². The number of hydrogen-bond donors (Lipinski definition) is 3. The maximum Gasteiger partial charge on any atom is 0.322 e. The molecule has 0 aliphatic rings. The Labute approximate surface area is 105 Å². The highest BCUT2D eigenvalue weighted by Gasteiger charge is 2.23. The molecule has 1 atom stereocenters. The normalized spacial score (nSPS) is 13.3. The van der Waals surface area contributed by atoms with Gasteiger partial charge in [-0.15, -0.1) is 0 Å². The molecule has 5 nitrogen and oxygen atoms in total. The van der Waals surface area contributed by atoms with Crippen molar-refractivity contribution in [1.82, 2.24) is 4.72 Å². The van der Waals surface area contributed by atoms with Crippen LogP contribution in [0.1, 0.15) is 5.56 Å². The number of thiol groups is 1. The third-order valence-electron chi connectivity index (χ3n) is 2.11. The lowest BCUT2D eigenvalue weighted by Gasteiger charge is -2.12. The number of hydrogen-bond acceptors (Lipinski definition) is 4. The first-order valence-electron chi connectivity index (χ1n) is 4.79. The SMILES string of the molecule is Cc1ccc(S(=O)(=O)N[C@@H](CS)C(=O)O)cc1. The summed E-state index contributed by atoms with van der Waals surface area (Å²) in [5.74, 6) is -1.36. The average Bonchev–Trinajstić information content (AvgIpc) is 2.26. The van der Waals surface area contributed by atoms with E-state index in [0.717, 1.165) is 5.56 Å². The van der Waals surface area contributed by atoms with Crippen LogP contribution in [0.3, 0.4) is 0 Å². The van der Waals surface area contributed by atoms with Gasteiger partial charge in [0.05, 0.1) is 4.90 Å². The number of carboxylic acids is 1. The number of carbonyl (C=O) groups is 1. The topological polar surface area (TPSA) is 83.5 Å². The first-order valence-corrected chi connectivity index (χ1v) is 6.91. The minimum Gasteiger partial charge on any atom is -0.480 e. The van der Waals surface area contributed by atoms with E-state index in [1.165, 1.54) is 12.1 Å². The molecule has 1 rings (SSSR count). The summed E-state index contributed by atoms with van der Waals surface area (Å²) in [6.07, 6.45) is 0. The Kier molecular flexibility index (Phi) is 4.55. The third kappa shape index (κ3) is 3.72. The van der Waals surface area contributed by atoms with E-state index in [1.807, 2.05) is 6.92 Å². The lowest BCUT2D eigenvalue weighted by molar-refractivity contribution is -0.138. The van der Waals surface area contributed by atoms with E-state index < -0.39 is 22.0 Å². The van der Waals surface area contributed by atoms with Crippen molar-refractivity contribution in [3.63, 3.8) is 0 Å². The van der Waals surface area contributed by atoms with Crippen molar-refractivity contribution >= 4 is 28.6 Å². The highest BCUT2D eigenvalue weighted by atomic mass is 32.2. The molecule has 17 heavy (non-hydrogen) atoms. The van der Waals surface area contributed by atoms with Crippen molar-refractivity contribution in [3.8, 4) is 0 Å². The largest absolute Gasteiger partial charge is 0.480 e. The number of benzene rings is 1. The van der Waals surface area contributed by atoms with Crippen LogP contribution in [-0.4, -0.2) is 31.3 Å². The molecule has 0 bridgehead atoms. The van der Waals surface area contributed by atoms with Gasteiger partial charge in [0.1, 0.15) is 6.04 Å². The summed E-state index contributed by atoms with van der Waals surface area (Å²) in [5, 5.41) is 8.75. The zero-order valence-electron chi connectivity index (χ0n) is 9.12. The number of carboxylic acid groups (broad SMARTS) is 1. The predicted octanol–water partition coefficient (Wildman–Crippen LogP) is 0.656. The van der Waals surface area contributed by atoms with Gasteiger partial charge in [0.15, 0.2) is 0 Å². The summed E-state index contributed by atoms with van der Waals surface area (Å²) >= 11 is 3.79.